The Labute approximate surface area is 123 Å². The second-order valence-electron chi connectivity index (χ2n) is 4.99. The normalized spacial score (nSPS) is 17.5. The van der Waals surface area contributed by atoms with Crippen LogP contribution in [0.2, 0.25) is 0 Å². The lowest BCUT2D eigenvalue weighted by Crippen LogP contribution is -2.29. The van der Waals surface area contributed by atoms with E-state index in [1.165, 1.54) is 0 Å². The average Bonchev–Trinajstić information content (AvgIpc) is 3.00. The minimum atomic E-state index is -0.432. The van der Waals surface area contributed by atoms with Crippen molar-refractivity contribution in [2.24, 2.45) is 5.92 Å². The zero-order valence-electron chi connectivity index (χ0n) is 11.9. The number of anilines is 1. The quantitative estimate of drug-likeness (QED) is 0.760. The highest BCUT2D eigenvalue weighted by atomic mass is 19.1. The zero-order valence-corrected chi connectivity index (χ0v) is 11.9. The summed E-state index contributed by atoms with van der Waals surface area (Å²) in [7, 11) is 0. The molecule has 0 saturated carbocycles. The van der Waals surface area contributed by atoms with E-state index in [1.807, 2.05) is 12.1 Å². The Hall–Kier alpha value is -1.82. The predicted octanol–water partition coefficient (Wildman–Crippen LogP) is 2.58. The van der Waals surface area contributed by atoms with Gasteiger partial charge in [-0.2, -0.15) is 0 Å². The molecular formula is C15H21FN2O3. The smallest absolute Gasteiger partial charge is 0.319 e. The van der Waals surface area contributed by atoms with Crippen LogP contribution in [0.4, 0.5) is 14.9 Å². The van der Waals surface area contributed by atoms with Gasteiger partial charge in [0.1, 0.15) is 5.75 Å². The van der Waals surface area contributed by atoms with Gasteiger partial charge in [-0.05, 0) is 37.1 Å². The standard InChI is InChI=1S/C15H21FN2O3/c16-7-1-8-17-15(19)18-13-2-4-14(5-3-13)21-11-12-6-9-20-10-12/h2-5,12H,1,6-11H2,(H2,17,18,19). The Balaban J connectivity index is 1.71. The van der Waals surface area contributed by atoms with E-state index in [4.69, 9.17) is 9.47 Å². The van der Waals surface area contributed by atoms with Crippen molar-refractivity contribution >= 4 is 11.7 Å². The number of urea groups is 1. The second-order valence-corrected chi connectivity index (χ2v) is 4.99. The first-order chi connectivity index (χ1) is 10.3. The summed E-state index contributed by atoms with van der Waals surface area (Å²) in [4.78, 5) is 11.5. The van der Waals surface area contributed by atoms with E-state index in [1.54, 1.807) is 12.1 Å². The Bertz CT molecular complexity index is 433. The lowest BCUT2D eigenvalue weighted by atomic mass is 10.1. The van der Waals surface area contributed by atoms with Crippen molar-refractivity contribution in [1.82, 2.24) is 5.32 Å². The number of nitrogens with one attached hydrogen (secondary N) is 2. The summed E-state index contributed by atoms with van der Waals surface area (Å²) in [5.41, 5.74) is 0.671. The van der Waals surface area contributed by atoms with E-state index in [0.29, 0.717) is 31.2 Å². The van der Waals surface area contributed by atoms with Crippen molar-refractivity contribution in [3.05, 3.63) is 24.3 Å². The number of hydrogen-bond donors (Lipinski definition) is 2. The van der Waals surface area contributed by atoms with Crippen LogP contribution in [0.5, 0.6) is 5.75 Å². The maximum Gasteiger partial charge on any atom is 0.319 e. The van der Waals surface area contributed by atoms with Crippen molar-refractivity contribution in [2.75, 3.05) is 38.4 Å². The summed E-state index contributed by atoms with van der Waals surface area (Å²) in [6, 6.07) is 6.84. The number of ether oxygens (including phenoxy) is 2. The molecule has 2 amide bonds. The van der Waals surface area contributed by atoms with Crippen LogP contribution in [0, 0.1) is 5.92 Å². The molecule has 1 fully saturated rings. The van der Waals surface area contributed by atoms with Crippen LogP contribution in [0.25, 0.3) is 0 Å². The molecule has 1 aliphatic heterocycles. The Morgan fingerprint density at radius 3 is 2.86 bits per heavy atom. The molecule has 1 aromatic carbocycles. The van der Waals surface area contributed by atoms with Crippen LogP contribution in [-0.2, 0) is 4.74 Å². The van der Waals surface area contributed by atoms with Crippen LogP contribution in [-0.4, -0.2) is 39.1 Å². The predicted molar refractivity (Wildman–Crippen MR) is 78.5 cm³/mol. The minimum Gasteiger partial charge on any atom is -0.493 e. The van der Waals surface area contributed by atoms with Gasteiger partial charge in [-0.15, -0.1) is 0 Å². The number of hydrogen-bond acceptors (Lipinski definition) is 3. The molecule has 1 unspecified atom stereocenters. The lowest BCUT2D eigenvalue weighted by Gasteiger charge is -2.11. The third-order valence-electron chi connectivity index (χ3n) is 3.22. The van der Waals surface area contributed by atoms with Gasteiger partial charge < -0.3 is 20.1 Å². The van der Waals surface area contributed by atoms with Gasteiger partial charge in [0.2, 0.25) is 0 Å². The minimum absolute atomic E-state index is 0.324. The van der Waals surface area contributed by atoms with Gasteiger partial charge in [-0.3, -0.25) is 4.39 Å². The molecule has 21 heavy (non-hydrogen) atoms. The molecule has 1 saturated heterocycles. The first kappa shape index (κ1) is 15.6. The topological polar surface area (TPSA) is 59.6 Å². The van der Waals surface area contributed by atoms with Gasteiger partial charge in [-0.25, -0.2) is 4.79 Å². The number of carbonyl (C=O) groups excluding carboxylic acids is 1. The largest absolute Gasteiger partial charge is 0.493 e. The van der Waals surface area contributed by atoms with Gasteiger partial charge >= 0.3 is 6.03 Å². The molecule has 116 valence electrons. The molecule has 0 radical (unpaired) electrons. The number of benzene rings is 1. The monoisotopic (exact) mass is 296 g/mol. The third kappa shape index (κ3) is 5.59. The van der Waals surface area contributed by atoms with E-state index in [9.17, 15) is 9.18 Å². The zero-order chi connectivity index (χ0) is 14.9. The lowest BCUT2D eigenvalue weighted by molar-refractivity contribution is 0.167. The number of halogens is 1. The van der Waals surface area contributed by atoms with E-state index in [0.717, 1.165) is 25.4 Å². The molecule has 2 N–H and O–H groups in total. The second kappa shape index (κ2) is 8.46. The highest BCUT2D eigenvalue weighted by molar-refractivity contribution is 5.89. The maximum atomic E-state index is 11.9. The number of amides is 2. The van der Waals surface area contributed by atoms with Crippen molar-refractivity contribution in [3.63, 3.8) is 0 Å². The van der Waals surface area contributed by atoms with E-state index < -0.39 is 6.67 Å². The SMILES string of the molecule is O=C(NCCCF)Nc1ccc(OCC2CCOC2)cc1. The van der Waals surface area contributed by atoms with Crippen LogP contribution in [0.3, 0.4) is 0 Å². The number of rotatable bonds is 7. The highest BCUT2D eigenvalue weighted by Gasteiger charge is 2.16. The van der Waals surface area contributed by atoms with Gasteiger partial charge in [-0.1, -0.05) is 0 Å². The molecular weight excluding hydrogens is 275 g/mol. The van der Waals surface area contributed by atoms with E-state index in [2.05, 4.69) is 10.6 Å². The fourth-order valence-electron chi connectivity index (χ4n) is 2.01. The van der Waals surface area contributed by atoms with Gasteiger partial charge in [0.15, 0.2) is 0 Å². The van der Waals surface area contributed by atoms with Crippen LogP contribution < -0.4 is 15.4 Å². The molecule has 1 aromatic rings. The molecule has 1 heterocycles. The van der Waals surface area contributed by atoms with Crippen molar-refractivity contribution in [3.8, 4) is 5.75 Å². The summed E-state index contributed by atoms with van der Waals surface area (Å²) < 4.78 is 22.9. The molecule has 0 spiro atoms. The Morgan fingerprint density at radius 1 is 1.38 bits per heavy atom. The molecule has 1 atom stereocenters. The maximum absolute atomic E-state index is 11.9. The third-order valence-corrected chi connectivity index (χ3v) is 3.22. The van der Waals surface area contributed by atoms with Crippen molar-refractivity contribution < 1.29 is 18.7 Å². The van der Waals surface area contributed by atoms with E-state index in [-0.39, 0.29) is 6.03 Å². The van der Waals surface area contributed by atoms with E-state index >= 15 is 0 Å². The molecule has 0 aromatic heterocycles. The van der Waals surface area contributed by atoms with Gasteiger partial charge in [0.05, 0.1) is 19.9 Å². The summed E-state index contributed by atoms with van der Waals surface area (Å²) in [5.74, 6) is 1.23. The summed E-state index contributed by atoms with van der Waals surface area (Å²) >= 11 is 0. The first-order valence-electron chi connectivity index (χ1n) is 7.19. The molecule has 5 nitrogen and oxygen atoms in total. The van der Waals surface area contributed by atoms with Crippen molar-refractivity contribution in [1.29, 1.82) is 0 Å². The molecule has 6 heteroatoms. The average molecular weight is 296 g/mol. The number of alkyl halides is 1. The van der Waals surface area contributed by atoms with Gasteiger partial charge in [0, 0.05) is 24.8 Å². The molecule has 0 bridgehead atoms. The molecule has 1 aliphatic rings. The Kier molecular flexibility index (Phi) is 6.27. The summed E-state index contributed by atoms with van der Waals surface area (Å²) in [6.45, 7) is 2.12. The first-order valence-corrected chi connectivity index (χ1v) is 7.19. The fraction of sp³-hybridized carbons (Fsp3) is 0.533. The molecule has 2 rings (SSSR count). The summed E-state index contributed by atoms with van der Waals surface area (Å²) in [5, 5.41) is 5.25. The number of carbonyl (C=O) groups is 1. The van der Waals surface area contributed by atoms with Gasteiger partial charge in [0.25, 0.3) is 0 Å². The van der Waals surface area contributed by atoms with Crippen molar-refractivity contribution in [2.45, 2.75) is 12.8 Å². The fourth-order valence-corrected chi connectivity index (χ4v) is 2.01. The van der Waals surface area contributed by atoms with Crippen LogP contribution >= 0.6 is 0 Å². The van der Waals surface area contributed by atoms with Crippen LogP contribution in [0.1, 0.15) is 12.8 Å². The summed E-state index contributed by atoms with van der Waals surface area (Å²) in [6.07, 6.45) is 1.36. The Morgan fingerprint density at radius 2 is 2.19 bits per heavy atom. The highest BCUT2D eigenvalue weighted by Crippen LogP contribution is 2.18. The molecule has 0 aliphatic carbocycles. The van der Waals surface area contributed by atoms with Crippen LogP contribution in [0.15, 0.2) is 24.3 Å².